The van der Waals surface area contributed by atoms with Crippen molar-refractivity contribution in [2.75, 3.05) is 57.8 Å². The third-order valence-corrected chi connectivity index (χ3v) is 12.1. The molecule has 2 N–H and O–H groups in total. The van der Waals surface area contributed by atoms with Crippen LogP contribution in [0.3, 0.4) is 0 Å². The first kappa shape index (κ1) is 36.3. The van der Waals surface area contributed by atoms with E-state index in [1.807, 2.05) is 26.0 Å². The summed E-state index contributed by atoms with van der Waals surface area (Å²) in [6.07, 6.45) is 1.59. The van der Waals surface area contributed by atoms with Gasteiger partial charge in [0.05, 0.1) is 26.2 Å². The molecule has 0 unspecified atom stereocenters. The molecule has 7 rings (SSSR count). The number of morpholine rings is 1. The zero-order chi connectivity index (χ0) is 37.1. The van der Waals surface area contributed by atoms with Crippen molar-refractivity contribution >= 4 is 27.5 Å². The lowest BCUT2D eigenvalue weighted by Gasteiger charge is -2.34. The first-order valence-electron chi connectivity index (χ1n) is 17.3. The van der Waals surface area contributed by atoms with Crippen LogP contribution >= 0.6 is 0 Å². The number of rotatable bonds is 10. The van der Waals surface area contributed by atoms with Crippen LogP contribution < -0.4 is 10.1 Å². The van der Waals surface area contributed by atoms with Gasteiger partial charge in [0.25, 0.3) is 0 Å². The molecule has 3 aromatic heterocycles. The van der Waals surface area contributed by atoms with Crippen molar-refractivity contribution in [3.8, 4) is 5.88 Å². The molecule has 17 heteroatoms. The van der Waals surface area contributed by atoms with Gasteiger partial charge in [0.2, 0.25) is 21.7 Å². The molecule has 2 fully saturated rings. The number of hydrogen-bond donors (Lipinski definition) is 2. The number of carboxylic acid groups (broad SMARTS) is 1. The van der Waals surface area contributed by atoms with E-state index in [1.54, 1.807) is 13.0 Å². The Hall–Kier alpha value is -4.06. The molecule has 280 valence electrons. The van der Waals surface area contributed by atoms with Crippen molar-refractivity contribution in [1.82, 2.24) is 28.8 Å². The van der Waals surface area contributed by atoms with E-state index in [1.165, 1.54) is 22.6 Å². The summed E-state index contributed by atoms with van der Waals surface area (Å²) in [5.74, 6) is -2.55. The molecule has 4 aliphatic rings. The van der Waals surface area contributed by atoms with Crippen LogP contribution in [0.5, 0.6) is 5.88 Å². The fourth-order valence-corrected chi connectivity index (χ4v) is 8.94. The summed E-state index contributed by atoms with van der Waals surface area (Å²) in [6.45, 7) is 10.1. The van der Waals surface area contributed by atoms with Gasteiger partial charge in [0.15, 0.2) is 5.65 Å². The van der Waals surface area contributed by atoms with E-state index in [9.17, 15) is 31.5 Å². The number of allylic oxidation sites excluding steroid dienone is 3. The van der Waals surface area contributed by atoms with E-state index in [-0.39, 0.29) is 41.3 Å². The van der Waals surface area contributed by atoms with Gasteiger partial charge in [-0.05, 0) is 66.5 Å². The highest BCUT2D eigenvalue weighted by atomic mass is 32.2. The summed E-state index contributed by atoms with van der Waals surface area (Å²) in [5, 5.41) is 20.5. The molecule has 0 bridgehead atoms. The smallest absolute Gasteiger partial charge is 0.452 e. The fraction of sp³-hybridized carbons (Fsp3) is 0.543. The Morgan fingerprint density at radius 1 is 1.13 bits per heavy atom. The zero-order valence-electron chi connectivity index (χ0n) is 29.2. The predicted molar refractivity (Wildman–Crippen MR) is 184 cm³/mol. The highest BCUT2D eigenvalue weighted by Gasteiger charge is 2.53. The van der Waals surface area contributed by atoms with Gasteiger partial charge in [0, 0.05) is 44.8 Å². The Bertz CT molecular complexity index is 2050. The number of aromatic nitrogens is 4. The predicted octanol–water partition coefficient (Wildman–Crippen LogP) is 4.65. The molecule has 0 aromatic carbocycles. The minimum atomic E-state index is -4.74. The molecule has 52 heavy (non-hydrogen) atoms. The third kappa shape index (κ3) is 7.27. The van der Waals surface area contributed by atoms with Crippen LogP contribution in [0.15, 0.2) is 52.6 Å². The maximum Gasteiger partial charge on any atom is 0.452 e. The topological polar surface area (TPSA) is 151 Å². The third-order valence-electron chi connectivity index (χ3n) is 10.3. The van der Waals surface area contributed by atoms with Crippen molar-refractivity contribution in [3.63, 3.8) is 0 Å². The maximum atomic E-state index is 14.4. The summed E-state index contributed by atoms with van der Waals surface area (Å²) >= 11 is 0. The van der Waals surface area contributed by atoms with Crippen LogP contribution in [0.2, 0.25) is 0 Å². The van der Waals surface area contributed by atoms with E-state index in [4.69, 9.17) is 9.47 Å². The number of aryl methyl sites for hydroxylation is 1. The number of halogens is 3. The van der Waals surface area contributed by atoms with Crippen LogP contribution in [0.25, 0.3) is 5.65 Å². The van der Waals surface area contributed by atoms with Crippen LogP contribution in [0, 0.1) is 12.3 Å². The maximum absolute atomic E-state index is 14.4. The minimum absolute atomic E-state index is 0.0316. The Morgan fingerprint density at radius 3 is 2.58 bits per heavy atom. The molecule has 13 nitrogen and oxygen atoms in total. The average molecular weight is 746 g/mol. The van der Waals surface area contributed by atoms with Crippen molar-refractivity contribution in [1.29, 1.82) is 0 Å². The number of nitrogens with zero attached hydrogens (tertiary/aromatic N) is 6. The Labute approximate surface area is 299 Å². The van der Waals surface area contributed by atoms with Crippen molar-refractivity contribution < 1.29 is 41.0 Å². The normalized spacial score (nSPS) is 21.8. The number of alkyl halides is 3. The number of fused-ring (bicyclic) bond motifs is 2. The minimum Gasteiger partial charge on any atom is -0.481 e. The molecule has 2 aliphatic carbocycles. The quantitative estimate of drug-likeness (QED) is 0.299. The average Bonchev–Trinajstić information content (AvgIpc) is 3.68. The fourth-order valence-electron chi connectivity index (χ4n) is 7.38. The molecule has 0 radical (unpaired) electrons. The van der Waals surface area contributed by atoms with Gasteiger partial charge in [-0.15, -0.1) is 10.2 Å². The van der Waals surface area contributed by atoms with Crippen molar-refractivity contribution in [2.45, 2.75) is 69.0 Å². The number of carbonyl (C=O) groups is 1. The Morgan fingerprint density at radius 2 is 1.88 bits per heavy atom. The van der Waals surface area contributed by atoms with Gasteiger partial charge in [-0.3, -0.25) is 14.1 Å². The zero-order valence-corrected chi connectivity index (χ0v) is 30.1. The number of hydrogen-bond acceptors (Lipinski definition) is 10. The van der Waals surface area contributed by atoms with Gasteiger partial charge in [-0.25, -0.2) is 8.42 Å². The molecule has 1 saturated carbocycles. The standard InChI is InChI=1S/C35H42F3N7O6S/c1-22-24(7-12-45-30(22)41-42-32(45)35(36,37)38)26(18-29(46)47)25-6-8-33(2,3)19-23(25)20-44-21-34(9-10-34)51-31-27(52(44,48)49)4-5-28(40-31)39-11-13-43-14-16-50-17-15-43/h4-8,12,26H,9-11,13-21H2,1-3H3,(H,39,40)(H,46,47)/t26-/m1/s1. The van der Waals surface area contributed by atoms with E-state index >= 15 is 0 Å². The van der Waals surface area contributed by atoms with E-state index in [0.29, 0.717) is 67.1 Å². The molecule has 2 aliphatic heterocycles. The highest BCUT2D eigenvalue weighted by molar-refractivity contribution is 7.89. The highest BCUT2D eigenvalue weighted by Crippen LogP contribution is 2.48. The van der Waals surface area contributed by atoms with Gasteiger partial charge in [0.1, 0.15) is 16.3 Å². The number of carboxylic acids is 1. The SMILES string of the molecule is Cc1c([C@@H](CC(=O)O)C2=C(CN3CC4(CC4)Oc4nc(NCCN5CCOCC5)ccc4S3(=O)=O)CC(C)(C)C=C2)ccn2c(C(F)(F)F)nnc12. The lowest BCUT2D eigenvalue weighted by atomic mass is 9.74. The van der Waals surface area contributed by atoms with E-state index in [0.717, 1.165) is 24.0 Å². The first-order valence-corrected chi connectivity index (χ1v) is 18.8. The van der Waals surface area contributed by atoms with Gasteiger partial charge >= 0.3 is 12.1 Å². The Kier molecular flexibility index (Phi) is 9.36. The summed E-state index contributed by atoms with van der Waals surface area (Å²) in [4.78, 5) is 19.2. The van der Waals surface area contributed by atoms with Gasteiger partial charge in [-0.1, -0.05) is 31.6 Å². The van der Waals surface area contributed by atoms with Crippen molar-refractivity contribution in [3.05, 3.63) is 64.6 Å². The summed E-state index contributed by atoms with van der Waals surface area (Å²) in [7, 11) is -4.13. The molecule has 5 heterocycles. The molecular formula is C35H42F3N7O6S. The summed E-state index contributed by atoms with van der Waals surface area (Å²) in [6, 6.07) is 4.62. The van der Waals surface area contributed by atoms with E-state index < -0.39 is 39.5 Å². The second-order valence-electron chi connectivity index (χ2n) is 14.8. The Balaban J connectivity index is 1.23. The number of aliphatic carboxylic acids is 1. The van der Waals surface area contributed by atoms with Crippen LogP contribution in [-0.2, 0) is 25.7 Å². The second kappa shape index (κ2) is 13.4. The number of pyridine rings is 2. The van der Waals surface area contributed by atoms with Gasteiger partial charge < -0.3 is 19.9 Å². The molecule has 1 spiro atoms. The lowest BCUT2D eigenvalue weighted by molar-refractivity contribution is -0.145. The molecule has 0 amide bonds. The molecule has 1 atom stereocenters. The molecular weight excluding hydrogens is 703 g/mol. The van der Waals surface area contributed by atoms with Crippen LogP contribution in [0.4, 0.5) is 19.0 Å². The summed E-state index contributed by atoms with van der Waals surface area (Å²) in [5.41, 5.74) is 0.973. The van der Waals surface area contributed by atoms with Gasteiger partial charge in [-0.2, -0.15) is 22.5 Å². The number of sulfonamides is 1. The second-order valence-corrected chi connectivity index (χ2v) is 16.7. The van der Waals surface area contributed by atoms with Crippen LogP contribution in [0.1, 0.15) is 62.4 Å². The molecule has 1 saturated heterocycles. The lowest BCUT2D eigenvalue weighted by Crippen LogP contribution is -2.40. The van der Waals surface area contributed by atoms with Crippen molar-refractivity contribution in [2.24, 2.45) is 5.41 Å². The monoisotopic (exact) mass is 745 g/mol. The van der Waals surface area contributed by atoms with E-state index in [2.05, 4.69) is 25.4 Å². The number of ether oxygens (including phenoxy) is 2. The molecule has 3 aromatic rings. The number of nitrogens with one attached hydrogen (secondary N) is 1. The van der Waals surface area contributed by atoms with Crippen LogP contribution in [-0.4, -0.2) is 106 Å². The number of anilines is 1. The first-order chi connectivity index (χ1) is 24.6. The largest absolute Gasteiger partial charge is 0.481 e. The summed E-state index contributed by atoms with van der Waals surface area (Å²) < 4.78 is 83.8.